The molecule has 0 spiro atoms. The first-order valence-corrected chi connectivity index (χ1v) is 7.01. The monoisotopic (exact) mass is 260 g/mol. The highest BCUT2D eigenvalue weighted by Crippen LogP contribution is 2.29. The lowest BCUT2D eigenvalue weighted by atomic mass is 10.2. The van der Waals surface area contributed by atoms with Crippen molar-refractivity contribution in [2.75, 3.05) is 18.0 Å². The van der Waals surface area contributed by atoms with Gasteiger partial charge >= 0.3 is 0 Å². The van der Waals surface area contributed by atoms with Gasteiger partial charge in [-0.3, -0.25) is 0 Å². The van der Waals surface area contributed by atoms with Gasteiger partial charge in [0.05, 0.1) is 6.33 Å². The van der Waals surface area contributed by atoms with Gasteiger partial charge in [0.1, 0.15) is 11.8 Å². The Hall–Kier alpha value is -1.69. The Balaban J connectivity index is 1.95. The molecule has 0 unspecified atom stereocenters. The van der Waals surface area contributed by atoms with Gasteiger partial charge in [0, 0.05) is 12.6 Å². The summed E-state index contributed by atoms with van der Waals surface area (Å²) in [7, 11) is 0. The molecule has 0 saturated heterocycles. The molecule has 0 atom stereocenters. The van der Waals surface area contributed by atoms with Gasteiger partial charge in [-0.25, -0.2) is 15.0 Å². The van der Waals surface area contributed by atoms with Crippen molar-refractivity contribution >= 4 is 17.0 Å². The Labute approximate surface area is 112 Å². The molecular weight excluding hydrogens is 240 g/mol. The summed E-state index contributed by atoms with van der Waals surface area (Å²) in [6.07, 6.45) is 9.36. The summed E-state index contributed by atoms with van der Waals surface area (Å²) in [5.41, 5.74) is 7.34. The first-order valence-electron chi connectivity index (χ1n) is 7.01. The minimum Gasteiger partial charge on any atom is -0.352 e. The van der Waals surface area contributed by atoms with Crippen LogP contribution >= 0.6 is 0 Å². The Morgan fingerprint density at radius 2 is 2.11 bits per heavy atom. The average molecular weight is 260 g/mol. The minimum atomic E-state index is 0.577. The van der Waals surface area contributed by atoms with E-state index in [2.05, 4.69) is 24.8 Å². The second kappa shape index (κ2) is 5.52. The van der Waals surface area contributed by atoms with Gasteiger partial charge in [0.15, 0.2) is 11.5 Å². The van der Waals surface area contributed by atoms with Crippen LogP contribution in [0.1, 0.15) is 32.1 Å². The van der Waals surface area contributed by atoms with Gasteiger partial charge in [0.2, 0.25) is 0 Å². The fourth-order valence-corrected chi connectivity index (χ4v) is 2.91. The van der Waals surface area contributed by atoms with E-state index in [-0.39, 0.29) is 0 Å². The third kappa shape index (κ3) is 2.40. The number of imidazole rings is 1. The van der Waals surface area contributed by atoms with Gasteiger partial charge in [-0.1, -0.05) is 12.8 Å². The molecule has 102 valence electrons. The van der Waals surface area contributed by atoms with Gasteiger partial charge in [-0.15, -0.1) is 0 Å². The van der Waals surface area contributed by atoms with Crippen LogP contribution in [0.5, 0.6) is 0 Å². The van der Waals surface area contributed by atoms with E-state index < -0.39 is 0 Å². The minimum absolute atomic E-state index is 0.577. The largest absolute Gasteiger partial charge is 0.352 e. The maximum atomic E-state index is 5.67. The highest BCUT2D eigenvalue weighted by Gasteiger charge is 2.25. The predicted molar refractivity (Wildman–Crippen MR) is 75.0 cm³/mol. The van der Waals surface area contributed by atoms with Crippen LogP contribution in [0.25, 0.3) is 11.2 Å². The van der Waals surface area contributed by atoms with Crippen molar-refractivity contribution in [3.8, 4) is 0 Å². The molecule has 0 amide bonds. The highest BCUT2D eigenvalue weighted by molar-refractivity contribution is 5.82. The van der Waals surface area contributed by atoms with Crippen LogP contribution < -0.4 is 10.6 Å². The van der Waals surface area contributed by atoms with Crippen molar-refractivity contribution in [1.82, 2.24) is 19.9 Å². The molecule has 19 heavy (non-hydrogen) atoms. The Kier molecular flexibility index (Phi) is 3.59. The van der Waals surface area contributed by atoms with Crippen LogP contribution in [0.3, 0.4) is 0 Å². The first-order chi connectivity index (χ1) is 9.40. The third-order valence-electron chi connectivity index (χ3n) is 3.84. The molecular formula is C13H20N6. The van der Waals surface area contributed by atoms with E-state index in [1.165, 1.54) is 25.7 Å². The fourth-order valence-electron chi connectivity index (χ4n) is 2.91. The molecule has 3 rings (SSSR count). The quantitative estimate of drug-likeness (QED) is 0.850. The van der Waals surface area contributed by atoms with Crippen molar-refractivity contribution in [2.24, 2.45) is 5.73 Å². The number of rotatable bonds is 5. The number of aromatic nitrogens is 4. The zero-order valence-corrected chi connectivity index (χ0v) is 11.0. The predicted octanol–water partition coefficient (Wildman–Crippen LogP) is 1.45. The SMILES string of the molecule is NCCCN(c1ncnc2nc[nH]c12)C1CCCC1. The lowest BCUT2D eigenvalue weighted by molar-refractivity contribution is 0.588. The van der Waals surface area contributed by atoms with E-state index in [1.54, 1.807) is 12.7 Å². The van der Waals surface area contributed by atoms with Crippen LogP contribution in [-0.2, 0) is 0 Å². The number of anilines is 1. The maximum absolute atomic E-state index is 5.67. The van der Waals surface area contributed by atoms with E-state index in [0.717, 1.165) is 29.9 Å². The lowest BCUT2D eigenvalue weighted by Gasteiger charge is -2.30. The molecule has 0 bridgehead atoms. The fraction of sp³-hybridized carbons (Fsp3) is 0.615. The van der Waals surface area contributed by atoms with E-state index in [1.807, 2.05) is 0 Å². The zero-order valence-electron chi connectivity index (χ0n) is 11.0. The molecule has 0 aromatic carbocycles. The Bertz CT molecular complexity index is 531. The van der Waals surface area contributed by atoms with Gasteiger partial charge in [-0.05, 0) is 25.8 Å². The molecule has 2 aromatic heterocycles. The van der Waals surface area contributed by atoms with Crippen molar-refractivity contribution in [3.63, 3.8) is 0 Å². The van der Waals surface area contributed by atoms with Crippen LogP contribution in [0, 0.1) is 0 Å². The molecule has 2 aromatic rings. The average Bonchev–Trinajstić information content (AvgIpc) is 3.10. The molecule has 0 radical (unpaired) electrons. The van der Waals surface area contributed by atoms with Crippen molar-refractivity contribution < 1.29 is 0 Å². The molecule has 1 saturated carbocycles. The third-order valence-corrected chi connectivity index (χ3v) is 3.84. The summed E-state index contributed by atoms with van der Waals surface area (Å²) in [5.74, 6) is 0.975. The Morgan fingerprint density at radius 3 is 2.89 bits per heavy atom. The number of aromatic amines is 1. The molecule has 1 aliphatic rings. The molecule has 0 aliphatic heterocycles. The number of hydrogen-bond acceptors (Lipinski definition) is 5. The standard InChI is InChI=1S/C13H20N6/c14-6-3-7-19(10-4-1-2-5-10)13-11-12(16-8-15-11)17-9-18-13/h8-10H,1-7,14H2,(H,15,16,17,18). The molecule has 1 aliphatic carbocycles. The van der Waals surface area contributed by atoms with E-state index in [4.69, 9.17) is 5.73 Å². The lowest BCUT2D eigenvalue weighted by Crippen LogP contribution is -2.36. The summed E-state index contributed by atoms with van der Waals surface area (Å²) in [4.78, 5) is 18.4. The van der Waals surface area contributed by atoms with Crippen molar-refractivity contribution in [1.29, 1.82) is 0 Å². The van der Waals surface area contributed by atoms with Crippen LogP contribution in [-0.4, -0.2) is 39.1 Å². The van der Waals surface area contributed by atoms with Crippen molar-refractivity contribution in [3.05, 3.63) is 12.7 Å². The summed E-state index contributed by atoms with van der Waals surface area (Å²) in [5, 5.41) is 0. The molecule has 6 heteroatoms. The highest BCUT2D eigenvalue weighted by atomic mass is 15.2. The van der Waals surface area contributed by atoms with Crippen LogP contribution in [0.15, 0.2) is 12.7 Å². The second-order valence-electron chi connectivity index (χ2n) is 5.07. The summed E-state index contributed by atoms with van der Waals surface area (Å²) in [6.45, 7) is 1.66. The zero-order chi connectivity index (χ0) is 13.1. The summed E-state index contributed by atoms with van der Waals surface area (Å²) < 4.78 is 0. The molecule has 1 fully saturated rings. The summed E-state index contributed by atoms with van der Waals surface area (Å²) >= 11 is 0. The summed E-state index contributed by atoms with van der Waals surface area (Å²) in [6, 6.07) is 0.577. The van der Waals surface area contributed by atoms with Crippen LogP contribution in [0.2, 0.25) is 0 Å². The number of fused-ring (bicyclic) bond motifs is 1. The number of hydrogen-bond donors (Lipinski definition) is 2. The number of nitrogens with two attached hydrogens (primary N) is 1. The molecule has 3 N–H and O–H groups in total. The molecule has 2 heterocycles. The Morgan fingerprint density at radius 1 is 1.26 bits per heavy atom. The van der Waals surface area contributed by atoms with Gasteiger partial charge in [0.25, 0.3) is 0 Å². The van der Waals surface area contributed by atoms with E-state index >= 15 is 0 Å². The number of nitrogens with zero attached hydrogens (tertiary/aromatic N) is 4. The number of H-pyrrole nitrogens is 1. The van der Waals surface area contributed by atoms with Crippen LogP contribution in [0.4, 0.5) is 5.82 Å². The smallest absolute Gasteiger partial charge is 0.182 e. The van der Waals surface area contributed by atoms with Gasteiger partial charge < -0.3 is 15.6 Å². The number of nitrogens with one attached hydrogen (secondary N) is 1. The topological polar surface area (TPSA) is 83.7 Å². The first kappa shape index (κ1) is 12.3. The van der Waals surface area contributed by atoms with Crippen molar-refractivity contribution in [2.45, 2.75) is 38.1 Å². The maximum Gasteiger partial charge on any atom is 0.182 e. The van der Waals surface area contributed by atoms with E-state index in [0.29, 0.717) is 12.6 Å². The second-order valence-corrected chi connectivity index (χ2v) is 5.07. The molecule has 6 nitrogen and oxygen atoms in total. The normalized spacial score (nSPS) is 16.3. The van der Waals surface area contributed by atoms with E-state index in [9.17, 15) is 0 Å². The van der Waals surface area contributed by atoms with Gasteiger partial charge in [-0.2, -0.15) is 0 Å².